The Morgan fingerprint density at radius 2 is 2.04 bits per heavy atom. The molecule has 0 aromatic rings. The third-order valence-electron chi connectivity index (χ3n) is 4.74. The van der Waals surface area contributed by atoms with Crippen molar-refractivity contribution < 1.29 is 19.2 Å². The van der Waals surface area contributed by atoms with Gasteiger partial charge < -0.3 is 27.0 Å². The summed E-state index contributed by atoms with van der Waals surface area (Å²) in [4.78, 5) is 49.5. The Balaban J connectivity index is 2.03. The van der Waals surface area contributed by atoms with Gasteiger partial charge in [-0.05, 0) is 45.1 Å². The molecule has 6 N–H and O–H groups in total. The van der Waals surface area contributed by atoms with E-state index in [0.717, 1.165) is 6.42 Å². The van der Waals surface area contributed by atoms with Crippen LogP contribution in [0.4, 0.5) is 0 Å². The van der Waals surface area contributed by atoms with Crippen molar-refractivity contribution in [2.45, 2.75) is 63.1 Å². The van der Waals surface area contributed by atoms with Crippen LogP contribution in [0.3, 0.4) is 0 Å². The molecule has 2 fully saturated rings. The third-order valence-corrected chi connectivity index (χ3v) is 4.74. The van der Waals surface area contributed by atoms with Gasteiger partial charge in [-0.25, -0.2) is 0 Å². The second kappa shape index (κ2) is 8.80. The van der Waals surface area contributed by atoms with E-state index in [2.05, 4.69) is 10.6 Å². The maximum atomic E-state index is 12.9. The van der Waals surface area contributed by atoms with Gasteiger partial charge in [-0.3, -0.25) is 19.2 Å². The van der Waals surface area contributed by atoms with Gasteiger partial charge in [-0.2, -0.15) is 0 Å². The van der Waals surface area contributed by atoms with Gasteiger partial charge in [0.15, 0.2) is 0 Å². The van der Waals surface area contributed by atoms with Gasteiger partial charge in [0.1, 0.15) is 18.1 Å². The zero-order valence-corrected chi connectivity index (χ0v) is 14.3. The van der Waals surface area contributed by atoms with Crippen molar-refractivity contribution in [2.75, 3.05) is 13.1 Å². The summed E-state index contributed by atoms with van der Waals surface area (Å²) >= 11 is 0. The average molecular weight is 353 g/mol. The largest absolute Gasteiger partial charge is 0.368 e. The summed E-state index contributed by atoms with van der Waals surface area (Å²) in [6, 6.07) is -1.97. The number of likely N-dealkylation sites (tertiary alicyclic amines) is 1. The molecule has 0 unspecified atom stereocenters. The fraction of sp³-hybridized carbons (Fsp3) is 0.750. The number of carbonyl (C=O) groups excluding carboxylic acids is 4. The molecular weight excluding hydrogens is 326 g/mol. The van der Waals surface area contributed by atoms with Crippen LogP contribution in [0.2, 0.25) is 0 Å². The highest BCUT2D eigenvalue weighted by Gasteiger charge is 2.37. The Kier molecular flexibility index (Phi) is 6.74. The normalized spacial score (nSPS) is 24.0. The molecule has 0 aromatic heterocycles. The van der Waals surface area contributed by atoms with Crippen LogP contribution in [0.1, 0.15) is 44.9 Å². The van der Waals surface area contributed by atoms with Crippen molar-refractivity contribution in [3.05, 3.63) is 0 Å². The molecule has 25 heavy (non-hydrogen) atoms. The summed E-state index contributed by atoms with van der Waals surface area (Å²) in [6.07, 6.45) is 3.83. The van der Waals surface area contributed by atoms with Crippen LogP contribution in [0.15, 0.2) is 0 Å². The molecule has 9 nitrogen and oxygen atoms in total. The predicted octanol–water partition coefficient (Wildman–Crippen LogP) is -1.64. The Hall–Kier alpha value is -2.16. The summed E-state index contributed by atoms with van der Waals surface area (Å²) in [5, 5.41) is 5.33. The monoisotopic (exact) mass is 353 g/mol. The molecule has 0 bridgehead atoms. The summed E-state index contributed by atoms with van der Waals surface area (Å²) in [7, 11) is 0. The SMILES string of the molecule is NCCCC[C@H](NC(=O)[C@@H]1CCC(=O)N1)C(=O)N1CCC[C@H]1C(N)=O. The minimum atomic E-state index is -0.739. The van der Waals surface area contributed by atoms with E-state index in [9.17, 15) is 19.2 Å². The average Bonchev–Trinajstić information content (AvgIpc) is 3.22. The highest BCUT2D eigenvalue weighted by atomic mass is 16.2. The zero-order valence-electron chi connectivity index (χ0n) is 14.3. The van der Waals surface area contributed by atoms with Crippen molar-refractivity contribution in [3.63, 3.8) is 0 Å². The third kappa shape index (κ3) is 4.91. The van der Waals surface area contributed by atoms with Crippen molar-refractivity contribution in [3.8, 4) is 0 Å². The number of amides is 4. The number of nitrogens with zero attached hydrogens (tertiary/aromatic N) is 1. The first kappa shape index (κ1) is 19.2. The van der Waals surface area contributed by atoms with Gasteiger partial charge in [0, 0.05) is 13.0 Å². The van der Waals surface area contributed by atoms with Gasteiger partial charge in [0.05, 0.1) is 0 Å². The Morgan fingerprint density at radius 3 is 2.64 bits per heavy atom. The maximum Gasteiger partial charge on any atom is 0.245 e. The summed E-state index contributed by atoms with van der Waals surface area (Å²) in [6.45, 7) is 0.955. The van der Waals surface area contributed by atoms with Gasteiger partial charge in [-0.1, -0.05) is 0 Å². The van der Waals surface area contributed by atoms with Crippen LogP contribution < -0.4 is 22.1 Å². The van der Waals surface area contributed by atoms with E-state index in [-0.39, 0.29) is 17.7 Å². The number of unbranched alkanes of at least 4 members (excludes halogenated alkanes) is 1. The predicted molar refractivity (Wildman–Crippen MR) is 89.9 cm³/mol. The molecule has 2 heterocycles. The van der Waals surface area contributed by atoms with E-state index in [1.54, 1.807) is 0 Å². The molecule has 3 atom stereocenters. The highest BCUT2D eigenvalue weighted by molar-refractivity contribution is 5.95. The quantitative estimate of drug-likeness (QED) is 0.386. The zero-order chi connectivity index (χ0) is 18.4. The molecule has 140 valence electrons. The first-order chi connectivity index (χ1) is 11.9. The van der Waals surface area contributed by atoms with Crippen molar-refractivity contribution in [1.29, 1.82) is 0 Å². The molecular formula is C16H27N5O4. The Bertz CT molecular complexity index is 539. The van der Waals surface area contributed by atoms with E-state index >= 15 is 0 Å². The van der Waals surface area contributed by atoms with E-state index in [4.69, 9.17) is 11.5 Å². The number of hydrogen-bond donors (Lipinski definition) is 4. The van der Waals surface area contributed by atoms with Crippen molar-refractivity contribution >= 4 is 23.6 Å². The minimum absolute atomic E-state index is 0.167. The highest BCUT2D eigenvalue weighted by Crippen LogP contribution is 2.19. The lowest BCUT2D eigenvalue weighted by Gasteiger charge is -2.28. The number of nitrogens with one attached hydrogen (secondary N) is 2. The van der Waals surface area contributed by atoms with E-state index in [1.165, 1.54) is 4.90 Å². The van der Waals surface area contributed by atoms with E-state index < -0.39 is 24.0 Å². The fourth-order valence-corrected chi connectivity index (χ4v) is 3.36. The van der Waals surface area contributed by atoms with Crippen LogP contribution in [0.25, 0.3) is 0 Å². The molecule has 2 aliphatic heterocycles. The number of hydrogen-bond acceptors (Lipinski definition) is 5. The molecule has 0 saturated carbocycles. The molecule has 9 heteroatoms. The van der Waals surface area contributed by atoms with E-state index in [1.807, 2.05) is 0 Å². The first-order valence-electron chi connectivity index (χ1n) is 8.83. The van der Waals surface area contributed by atoms with Crippen LogP contribution in [0.5, 0.6) is 0 Å². The maximum absolute atomic E-state index is 12.9. The van der Waals surface area contributed by atoms with Crippen LogP contribution in [-0.4, -0.2) is 59.7 Å². The lowest BCUT2D eigenvalue weighted by atomic mass is 10.1. The number of carbonyl (C=O) groups is 4. The minimum Gasteiger partial charge on any atom is -0.368 e. The van der Waals surface area contributed by atoms with Crippen LogP contribution in [0, 0.1) is 0 Å². The molecule has 4 amide bonds. The standard InChI is InChI=1S/C16H27N5O4/c17-8-2-1-4-11(20-15(24)10-6-7-13(22)19-10)16(25)21-9-3-5-12(21)14(18)23/h10-12H,1-9,17H2,(H2,18,23)(H,19,22)(H,20,24)/t10-,11-,12-/m0/s1. The summed E-state index contributed by atoms with van der Waals surface area (Å²) < 4.78 is 0. The Morgan fingerprint density at radius 1 is 1.28 bits per heavy atom. The summed E-state index contributed by atoms with van der Waals surface area (Å²) in [5.74, 6) is -1.36. The van der Waals surface area contributed by atoms with Gasteiger partial charge in [0.2, 0.25) is 23.6 Å². The molecule has 0 spiro atoms. The molecule has 0 aliphatic carbocycles. The van der Waals surface area contributed by atoms with Crippen LogP contribution in [-0.2, 0) is 19.2 Å². The molecule has 2 rings (SSSR count). The molecule has 0 aromatic carbocycles. The second-order valence-corrected chi connectivity index (χ2v) is 6.60. The van der Waals surface area contributed by atoms with E-state index in [0.29, 0.717) is 51.6 Å². The second-order valence-electron chi connectivity index (χ2n) is 6.60. The van der Waals surface area contributed by atoms with Gasteiger partial charge in [-0.15, -0.1) is 0 Å². The van der Waals surface area contributed by atoms with Crippen molar-refractivity contribution in [2.24, 2.45) is 11.5 Å². The number of primary amides is 1. The van der Waals surface area contributed by atoms with Gasteiger partial charge in [0.25, 0.3) is 0 Å². The lowest BCUT2D eigenvalue weighted by Crippen LogP contribution is -2.55. The number of nitrogens with two attached hydrogens (primary N) is 2. The first-order valence-corrected chi connectivity index (χ1v) is 8.83. The van der Waals surface area contributed by atoms with Crippen LogP contribution >= 0.6 is 0 Å². The summed E-state index contributed by atoms with van der Waals surface area (Å²) in [5.41, 5.74) is 10.9. The smallest absolute Gasteiger partial charge is 0.245 e. The number of rotatable bonds is 8. The molecule has 0 radical (unpaired) electrons. The van der Waals surface area contributed by atoms with Gasteiger partial charge >= 0.3 is 0 Å². The topological polar surface area (TPSA) is 148 Å². The molecule has 2 saturated heterocycles. The van der Waals surface area contributed by atoms with Crippen molar-refractivity contribution in [1.82, 2.24) is 15.5 Å². The lowest BCUT2D eigenvalue weighted by molar-refractivity contribution is -0.141. The fourth-order valence-electron chi connectivity index (χ4n) is 3.36. The molecule has 2 aliphatic rings. The Labute approximate surface area is 146 Å².